The molecule has 1 nitrogen and oxygen atoms in total. The Morgan fingerprint density at radius 2 is 2.00 bits per heavy atom. The summed E-state index contributed by atoms with van der Waals surface area (Å²) >= 11 is 0. The molecule has 1 N–H and O–H groups in total. The fraction of sp³-hybridized carbons (Fsp3) is 1.00. The molecule has 66 valence electrons. The minimum atomic E-state index is 0.851. The molecule has 0 aromatic rings. The van der Waals surface area contributed by atoms with Gasteiger partial charge in [-0.25, -0.2) is 0 Å². The maximum Gasteiger partial charge on any atom is 0.00671 e. The van der Waals surface area contributed by atoms with Crippen LogP contribution in [-0.2, 0) is 0 Å². The molecule has 1 unspecified atom stereocenters. The molecule has 0 amide bonds. The first-order chi connectivity index (χ1) is 5.33. The molecule has 0 bridgehead atoms. The van der Waals surface area contributed by atoms with Crippen molar-refractivity contribution in [3.05, 3.63) is 0 Å². The van der Waals surface area contributed by atoms with Crippen molar-refractivity contribution in [2.45, 2.75) is 52.0 Å². The molecule has 1 heteroatoms. The van der Waals surface area contributed by atoms with Crippen LogP contribution in [0.25, 0.3) is 0 Å². The second-order valence-corrected chi connectivity index (χ2v) is 3.90. The number of hydrogen-bond donors (Lipinski definition) is 1. The highest BCUT2D eigenvalue weighted by atomic mass is 14.9. The Labute approximate surface area is 70.6 Å². The molecule has 0 radical (unpaired) electrons. The van der Waals surface area contributed by atoms with E-state index in [-0.39, 0.29) is 0 Å². The van der Waals surface area contributed by atoms with Crippen molar-refractivity contribution in [3.8, 4) is 0 Å². The standard InChI is InChI=1S/C10H21N/c1-3-9(2)8-11-10-6-4-5-7-10/h9-11H,3-8H2,1-2H3. The molecule has 1 aliphatic carbocycles. The maximum atomic E-state index is 3.63. The molecule has 0 spiro atoms. The highest BCUT2D eigenvalue weighted by Gasteiger charge is 2.14. The Morgan fingerprint density at radius 3 is 2.55 bits per heavy atom. The normalized spacial score (nSPS) is 22.4. The summed E-state index contributed by atoms with van der Waals surface area (Å²) in [6.07, 6.45) is 7.02. The number of rotatable bonds is 4. The van der Waals surface area contributed by atoms with E-state index in [1.807, 2.05) is 0 Å². The Morgan fingerprint density at radius 1 is 1.36 bits per heavy atom. The monoisotopic (exact) mass is 155 g/mol. The van der Waals surface area contributed by atoms with Gasteiger partial charge in [-0.2, -0.15) is 0 Å². The Bertz CT molecular complexity index is 95.0. The first-order valence-corrected chi connectivity index (χ1v) is 5.06. The predicted molar refractivity (Wildman–Crippen MR) is 49.7 cm³/mol. The van der Waals surface area contributed by atoms with Gasteiger partial charge in [0.05, 0.1) is 0 Å². The van der Waals surface area contributed by atoms with E-state index in [4.69, 9.17) is 0 Å². The predicted octanol–water partition coefficient (Wildman–Crippen LogP) is 2.56. The van der Waals surface area contributed by atoms with Crippen LogP contribution in [-0.4, -0.2) is 12.6 Å². The van der Waals surface area contributed by atoms with Gasteiger partial charge >= 0.3 is 0 Å². The average molecular weight is 155 g/mol. The van der Waals surface area contributed by atoms with Crippen molar-refractivity contribution in [2.24, 2.45) is 5.92 Å². The summed E-state index contributed by atoms with van der Waals surface area (Å²) in [5.41, 5.74) is 0. The van der Waals surface area contributed by atoms with Crippen LogP contribution in [0.1, 0.15) is 46.0 Å². The van der Waals surface area contributed by atoms with Gasteiger partial charge in [-0.05, 0) is 25.3 Å². The summed E-state index contributed by atoms with van der Waals surface area (Å²) in [4.78, 5) is 0. The van der Waals surface area contributed by atoms with Gasteiger partial charge in [0.1, 0.15) is 0 Å². The summed E-state index contributed by atoms with van der Waals surface area (Å²) in [7, 11) is 0. The first kappa shape index (κ1) is 9.05. The summed E-state index contributed by atoms with van der Waals surface area (Å²) in [6.45, 7) is 5.81. The molecule has 0 aliphatic heterocycles. The molecule has 1 saturated carbocycles. The lowest BCUT2D eigenvalue weighted by Crippen LogP contribution is -2.30. The van der Waals surface area contributed by atoms with Gasteiger partial charge in [0.2, 0.25) is 0 Å². The van der Waals surface area contributed by atoms with Crippen LogP contribution >= 0.6 is 0 Å². The topological polar surface area (TPSA) is 12.0 Å². The van der Waals surface area contributed by atoms with E-state index in [1.54, 1.807) is 0 Å². The SMILES string of the molecule is CCC(C)CNC1CCCC1. The van der Waals surface area contributed by atoms with Gasteiger partial charge in [-0.15, -0.1) is 0 Å². The molecule has 1 atom stereocenters. The van der Waals surface area contributed by atoms with E-state index >= 15 is 0 Å². The summed E-state index contributed by atoms with van der Waals surface area (Å²) in [6, 6.07) is 0.851. The summed E-state index contributed by atoms with van der Waals surface area (Å²) in [5, 5.41) is 3.63. The fourth-order valence-corrected chi connectivity index (χ4v) is 1.64. The number of nitrogens with one attached hydrogen (secondary N) is 1. The fourth-order valence-electron chi connectivity index (χ4n) is 1.64. The molecule has 0 heterocycles. The third-order valence-electron chi connectivity index (χ3n) is 2.81. The van der Waals surface area contributed by atoms with Crippen molar-refractivity contribution >= 4 is 0 Å². The maximum absolute atomic E-state index is 3.63. The minimum absolute atomic E-state index is 0.851. The lowest BCUT2D eigenvalue weighted by molar-refractivity contribution is 0.441. The van der Waals surface area contributed by atoms with Crippen molar-refractivity contribution in [3.63, 3.8) is 0 Å². The van der Waals surface area contributed by atoms with Crippen LogP contribution in [0.4, 0.5) is 0 Å². The Kier molecular flexibility index (Phi) is 3.92. The molecule has 1 fully saturated rings. The van der Waals surface area contributed by atoms with E-state index in [0.717, 1.165) is 12.0 Å². The molecule has 11 heavy (non-hydrogen) atoms. The van der Waals surface area contributed by atoms with E-state index in [2.05, 4.69) is 19.2 Å². The molecule has 1 rings (SSSR count). The van der Waals surface area contributed by atoms with E-state index in [0.29, 0.717) is 0 Å². The smallest absolute Gasteiger partial charge is 0.00671 e. The van der Waals surface area contributed by atoms with Crippen LogP contribution in [0.5, 0.6) is 0 Å². The van der Waals surface area contributed by atoms with Crippen LogP contribution < -0.4 is 5.32 Å². The van der Waals surface area contributed by atoms with E-state index < -0.39 is 0 Å². The van der Waals surface area contributed by atoms with Gasteiger partial charge in [0.15, 0.2) is 0 Å². The van der Waals surface area contributed by atoms with Gasteiger partial charge < -0.3 is 5.32 Å². The summed E-state index contributed by atoms with van der Waals surface area (Å²) < 4.78 is 0. The van der Waals surface area contributed by atoms with E-state index in [9.17, 15) is 0 Å². The molecular weight excluding hydrogens is 134 g/mol. The first-order valence-electron chi connectivity index (χ1n) is 5.06. The van der Waals surface area contributed by atoms with Crippen LogP contribution in [0.2, 0.25) is 0 Å². The Balaban J connectivity index is 2.01. The minimum Gasteiger partial charge on any atom is -0.314 e. The zero-order chi connectivity index (χ0) is 8.10. The lowest BCUT2D eigenvalue weighted by Gasteiger charge is -2.14. The van der Waals surface area contributed by atoms with Crippen LogP contribution in [0, 0.1) is 5.92 Å². The third-order valence-corrected chi connectivity index (χ3v) is 2.81. The zero-order valence-electron chi connectivity index (χ0n) is 7.90. The van der Waals surface area contributed by atoms with Crippen molar-refractivity contribution in [2.75, 3.05) is 6.54 Å². The van der Waals surface area contributed by atoms with Gasteiger partial charge in [-0.1, -0.05) is 33.1 Å². The van der Waals surface area contributed by atoms with Crippen molar-refractivity contribution in [1.82, 2.24) is 5.32 Å². The Hall–Kier alpha value is -0.0400. The zero-order valence-corrected chi connectivity index (χ0v) is 7.90. The average Bonchev–Trinajstić information content (AvgIpc) is 2.52. The van der Waals surface area contributed by atoms with E-state index in [1.165, 1.54) is 38.6 Å². The van der Waals surface area contributed by atoms with Crippen LogP contribution in [0.15, 0.2) is 0 Å². The van der Waals surface area contributed by atoms with Gasteiger partial charge in [0.25, 0.3) is 0 Å². The lowest BCUT2D eigenvalue weighted by atomic mass is 10.1. The third kappa shape index (κ3) is 3.24. The highest BCUT2D eigenvalue weighted by molar-refractivity contribution is 4.73. The largest absolute Gasteiger partial charge is 0.314 e. The number of hydrogen-bond acceptors (Lipinski definition) is 1. The molecule has 0 aromatic carbocycles. The van der Waals surface area contributed by atoms with Crippen molar-refractivity contribution in [1.29, 1.82) is 0 Å². The quantitative estimate of drug-likeness (QED) is 0.658. The summed E-state index contributed by atoms with van der Waals surface area (Å²) in [5.74, 6) is 0.857. The van der Waals surface area contributed by atoms with Crippen LogP contribution in [0.3, 0.4) is 0 Å². The highest BCUT2D eigenvalue weighted by Crippen LogP contribution is 2.17. The van der Waals surface area contributed by atoms with Crippen molar-refractivity contribution < 1.29 is 0 Å². The molecule has 0 saturated heterocycles. The van der Waals surface area contributed by atoms with Gasteiger partial charge in [0, 0.05) is 6.04 Å². The van der Waals surface area contributed by atoms with Gasteiger partial charge in [-0.3, -0.25) is 0 Å². The molecular formula is C10H21N. The second kappa shape index (κ2) is 4.76. The molecule has 1 aliphatic rings. The molecule has 0 aromatic heterocycles. The second-order valence-electron chi connectivity index (χ2n) is 3.90.